The number of anilines is 1. The van der Waals surface area contributed by atoms with Crippen molar-refractivity contribution in [2.24, 2.45) is 17.6 Å². The Balaban J connectivity index is 2.09. The third-order valence-electron chi connectivity index (χ3n) is 3.08. The number of nitrogens with two attached hydrogens (primary N) is 1. The Hall–Kier alpha value is -0.800. The Morgan fingerprint density at radius 1 is 1.62 bits per heavy atom. The fourth-order valence-electron chi connectivity index (χ4n) is 1.80. The van der Waals surface area contributed by atoms with Gasteiger partial charge in [0.15, 0.2) is 0 Å². The smallest absolute Gasteiger partial charge is 0.106 e. The highest BCUT2D eigenvalue weighted by Crippen LogP contribution is 2.37. The van der Waals surface area contributed by atoms with Crippen LogP contribution in [0.1, 0.15) is 18.9 Å². The van der Waals surface area contributed by atoms with E-state index in [1.165, 1.54) is 6.42 Å². The standard InChI is InChI=1S/C12H15ClN2S/c1-7-4-8(7)6-15-11-3-2-9(13)5-10(11)12(14)16/h2-3,5,7-8,15H,4,6H2,1H3,(H2,14,16). The number of rotatable bonds is 4. The van der Waals surface area contributed by atoms with Gasteiger partial charge >= 0.3 is 0 Å². The van der Waals surface area contributed by atoms with Crippen molar-refractivity contribution in [2.75, 3.05) is 11.9 Å². The van der Waals surface area contributed by atoms with E-state index >= 15 is 0 Å². The van der Waals surface area contributed by atoms with Gasteiger partial charge in [-0.2, -0.15) is 0 Å². The van der Waals surface area contributed by atoms with Crippen LogP contribution < -0.4 is 11.1 Å². The molecule has 1 aromatic carbocycles. The zero-order valence-corrected chi connectivity index (χ0v) is 10.7. The van der Waals surface area contributed by atoms with Crippen molar-refractivity contribution in [3.63, 3.8) is 0 Å². The highest BCUT2D eigenvalue weighted by Gasteiger charge is 2.31. The van der Waals surface area contributed by atoms with Gasteiger partial charge in [-0.3, -0.25) is 0 Å². The third-order valence-corrected chi connectivity index (χ3v) is 3.53. The van der Waals surface area contributed by atoms with Gasteiger partial charge in [-0.1, -0.05) is 30.7 Å². The summed E-state index contributed by atoms with van der Waals surface area (Å²) < 4.78 is 0. The molecule has 2 atom stereocenters. The van der Waals surface area contributed by atoms with Crippen LogP contribution in [0.3, 0.4) is 0 Å². The maximum Gasteiger partial charge on any atom is 0.106 e. The highest BCUT2D eigenvalue weighted by atomic mass is 35.5. The van der Waals surface area contributed by atoms with E-state index in [1.807, 2.05) is 18.2 Å². The van der Waals surface area contributed by atoms with E-state index in [9.17, 15) is 0 Å². The van der Waals surface area contributed by atoms with Crippen LogP contribution in [0, 0.1) is 11.8 Å². The first kappa shape index (κ1) is 11.7. The molecule has 0 bridgehead atoms. The Labute approximate surface area is 106 Å². The number of thiocarbonyl (C=S) groups is 1. The summed E-state index contributed by atoms with van der Waals surface area (Å²) in [5.41, 5.74) is 7.48. The monoisotopic (exact) mass is 254 g/mol. The van der Waals surface area contributed by atoms with E-state index in [1.54, 1.807) is 0 Å². The Morgan fingerprint density at radius 2 is 2.31 bits per heavy atom. The van der Waals surface area contributed by atoms with Crippen LogP contribution in [-0.4, -0.2) is 11.5 Å². The molecule has 0 saturated heterocycles. The first-order valence-electron chi connectivity index (χ1n) is 5.41. The second-order valence-electron chi connectivity index (χ2n) is 4.41. The lowest BCUT2D eigenvalue weighted by Crippen LogP contribution is -2.14. The summed E-state index contributed by atoms with van der Waals surface area (Å²) in [5.74, 6) is 1.63. The lowest BCUT2D eigenvalue weighted by atomic mass is 10.1. The van der Waals surface area contributed by atoms with E-state index in [0.717, 1.165) is 29.6 Å². The average molecular weight is 255 g/mol. The first-order valence-corrected chi connectivity index (χ1v) is 6.20. The number of benzene rings is 1. The molecule has 1 aliphatic rings. The molecule has 0 aliphatic heterocycles. The molecular formula is C12H15ClN2S. The topological polar surface area (TPSA) is 38.0 Å². The number of halogens is 1. The molecule has 2 rings (SSSR count). The molecule has 86 valence electrons. The van der Waals surface area contributed by atoms with Crippen molar-refractivity contribution in [2.45, 2.75) is 13.3 Å². The van der Waals surface area contributed by atoms with Crippen molar-refractivity contribution in [1.29, 1.82) is 0 Å². The van der Waals surface area contributed by atoms with Crippen LogP contribution in [-0.2, 0) is 0 Å². The lowest BCUT2D eigenvalue weighted by molar-refractivity contribution is 0.787. The molecular weight excluding hydrogens is 240 g/mol. The fourth-order valence-corrected chi connectivity index (χ4v) is 2.14. The minimum atomic E-state index is 0.383. The van der Waals surface area contributed by atoms with E-state index < -0.39 is 0 Å². The van der Waals surface area contributed by atoms with Crippen LogP contribution in [0.4, 0.5) is 5.69 Å². The number of hydrogen-bond acceptors (Lipinski definition) is 2. The van der Waals surface area contributed by atoms with Crippen LogP contribution in [0.5, 0.6) is 0 Å². The Kier molecular flexibility index (Phi) is 3.36. The van der Waals surface area contributed by atoms with Gasteiger partial charge in [0.25, 0.3) is 0 Å². The maximum absolute atomic E-state index is 5.92. The number of hydrogen-bond donors (Lipinski definition) is 2. The largest absolute Gasteiger partial charge is 0.389 e. The summed E-state index contributed by atoms with van der Waals surface area (Å²) in [6, 6.07) is 5.59. The molecule has 16 heavy (non-hydrogen) atoms. The van der Waals surface area contributed by atoms with Gasteiger partial charge in [0.2, 0.25) is 0 Å². The van der Waals surface area contributed by atoms with E-state index in [-0.39, 0.29) is 0 Å². The van der Waals surface area contributed by atoms with Gasteiger partial charge in [0, 0.05) is 22.8 Å². The maximum atomic E-state index is 5.92. The van der Waals surface area contributed by atoms with Crippen LogP contribution in [0.15, 0.2) is 18.2 Å². The normalized spacial score (nSPS) is 22.9. The second-order valence-corrected chi connectivity index (χ2v) is 5.28. The molecule has 2 nitrogen and oxygen atoms in total. The molecule has 1 saturated carbocycles. The van der Waals surface area contributed by atoms with E-state index in [0.29, 0.717) is 10.0 Å². The zero-order valence-electron chi connectivity index (χ0n) is 9.16. The first-order chi connectivity index (χ1) is 7.58. The molecule has 0 radical (unpaired) electrons. The minimum Gasteiger partial charge on any atom is -0.389 e. The SMILES string of the molecule is CC1CC1CNc1ccc(Cl)cc1C(N)=S. The van der Waals surface area contributed by atoms with Gasteiger partial charge in [-0.05, 0) is 36.5 Å². The molecule has 0 amide bonds. The van der Waals surface area contributed by atoms with Crippen molar-refractivity contribution in [1.82, 2.24) is 0 Å². The Morgan fingerprint density at radius 3 is 2.88 bits per heavy atom. The van der Waals surface area contributed by atoms with Gasteiger partial charge in [-0.15, -0.1) is 0 Å². The average Bonchev–Trinajstić information content (AvgIpc) is 2.92. The summed E-state index contributed by atoms with van der Waals surface area (Å²) in [5, 5.41) is 4.05. The van der Waals surface area contributed by atoms with Gasteiger partial charge in [-0.25, -0.2) is 0 Å². The van der Waals surface area contributed by atoms with Crippen molar-refractivity contribution in [3.8, 4) is 0 Å². The minimum absolute atomic E-state index is 0.383. The van der Waals surface area contributed by atoms with Crippen molar-refractivity contribution >= 4 is 34.5 Å². The molecule has 0 heterocycles. The second kappa shape index (κ2) is 4.60. The van der Waals surface area contributed by atoms with Crippen LogP contribution >= 0.6 is 23.8 Å². The van der Waals surface area contributed by atoms with Crippen molar-refractivity contribution in [3.05, 3.63) is 28.8 Å². The van der Waals surface area contributed by atoms with Crippen molar-refractivity contribution < 1.29 is 0 Å². The molecule has 0 aromatic heterocycles. The number of nitrogens with one attached hydrogen (secondary N) is 1. The third kappa shape index (κ3) is 2.66. The lowest BCUT2D eigenvalue weighted by Gasteiger charge is -2.11. The van der Waals surface area contributed by atoms with Gasteiger partial charge < -0.3 is 11.1 Å². The molecule has 1 aromatic rings. The summed E-state index contributed by atoms with van der Waals surface area (Å²) >= 11 is 10.9. The highest BCUT2D eigenvalue weighted by molar-refractivity contribution is 7.80. The molecule has 0 spiro atoms. The summed E-state index contributed by atoms with van der Waals surface area (Å²) in [4.78, 5) is 0.383. The summed E-state index contributed by atoms with van der Waals surface area (Å²) in [7, 11) is 0. The molecule has 2 unspecified atom stereocenters. The summed E-state index contributed by atoms with van der Waals surface area (Å²) in [6.07, 6.45) is 1.31. The molecule has 3 N–H and O–H groups in total. The van der Waals surface area contributed by atoms with Gasteiger partial charge in [0.1, 0.15) is 4.99 Å². The summed E-state index contributed by atoms with van der Waals surface area (Å²) in [6.45, 7) is 3.25. The van der Waals surface area contributed by atoms with E-state index in [2.05, 4.69) is 12.2 Å². The predicted octanol–water partition coefficient (Wildman–Crippen LogP) is 3.04. The van der Waals surface area contributed by atoms with Crippen LogP contribution in [0.2, 0.25) is 5.02 Å². The predicted molar refractivity (Wildman–Crippen MR) is 73.1 cm³/mol. The molecule has 4 heteroatoms. The fraction of sp³-hybridized carbons (Fsp3) is 0.417. The van der Waals surface area contributed by atoms with Gasteiger partial charge in [0.05, 0.1) is 0 Å². The van der Waals surface area contributed by atoms with E-state index in [4.69, 9.17) is 29.6 Å². The Bertz CT molecular complexity index is 419. The van der Waals surface area contributed by atoms with Crippen LogP contribution in [0.25, 0.3) is 0 Å². The molecule has 1 aliphatic carbocycles. The molecule has 1 fully saturated rings. The zero-order chi connectivity index (χ0) is 11.7. The quantitative estimate of drug-likeness (QED) is 0.812.